The molecule has 2 aromatic carbocycles. The van der Waals surface area contributed by atoms with Crippen LogP contribution in [-0.4, -0.2) is 31.3 Å². The summed E-state index contributed by atoms with van der Waals surface area (Å²) in [5.74, 6) is -1.66. The van der Waals surface area contributed by atoms with E-state index in [1.54, 1.807) is 30.3 Å². The fourth-order valence-electron chi connectivity index (χ4n) is 3.26. The van der Waals surface area contributed by atoms with E-state index in [1.807, 2.05) is 11.0 Å². The fraction of sp³-hybridized carbons (Fsp3) is 0.333. The molecule has 142 valence electrons. The van der Waals surface area contributed by atoms with Gasteiger partial charge in [0.2, 0.25) is 5.91 Å². The summed E-state index contributed by atoms with van der Waals surface area (Å²) in [5.41, 5.74) is 1.26. The van der Waals surface area contributed by atoms with E-state index < -0.39 is 11.6 Å². The third-order valence-electron chi connectivity index (χ3n) is 4.82. The molecule has 0 unspecified atom stereocenters. The lowest BCUT2D eigenvalue weighted by molar-refractivity contribution is -0.121. The molecule has 0 radical (unpaired) electrons. The van der Waals surface area contributed by atoms with E-state index in [0.717, 1.165) is 19.0 Å². The van der Waals surface area contributed by atoms with Crippen LogP contribution >= 0.6 is 0 Å². The second kappa shape index (κ2) is 8.75. The number of amides is 1. The Morgan fingerprint density at radius 1 is 1.04 bits per heavy atom. The highest BCUT2D eigenvalue weighted by molar-refractivity contribution is 5.97. The molecule has 0 spiro atoms. The maximum Gasteiger partial charge on any atom is 0.220 e. The second-order valence-corrected chi connectivity index (χ2v) is 6.79. The van der Waals surface area contributed by atoms with Gasteiger partial charge in [0.1, 0.15) is 0 Å². The molecule has 4 nitrogen and oxygen atoms in total. The Bertz CT molecular complexity index is 811. The summed E-state index contributed by atoms with van der Waals surface area (Å²) in [6.45, 7) is 1.92. The fourth-order valence-corrected chi connectivity index (χ4v) is 3.26. The number of hydrogen-bond donors (Lipinski definition) is 1. The first-order valence-electron chi connectivity index (χ1n) is 9.08. The van der Waals surface area contributed by atoms with Gasteiger partial charge in [0.05, 0.1) is 0 Å². The van der Waals surface area contributed by atoms with Crippen molar-refractivity contribution in [3.8, 4) is 0 Å². The third-order valence-corrected chi connectivity index (χ3v) is 4.82. The molecule has 0 aliphatic carbocycles. The van der Waals surface area contributed by atoms with Crippen LogP contribution in [-0.2, 0) is 4.79 Å². The molecule has 6 heteroatoms. The number of nitrogens with zero attached hydrogens (tertiary/aromatic N) is 1. The maximum atomic E-state index is 13.4. The van der Waals surface area contributed by atoms with Gasteiger partial charge in [-0.15, -0.1) is 0 Å². The van der Waals surface area contributed by atoms with Crippen LogP contribution in [0.4, 0.5) is 14.5 Å². The summed E-state index contributed by atoms with van der Waals surface area (Å²) in [5, 5.41) is 2.87. The van der Waals surface area contributed by atoms with E-state index in [2.05, 4.69) is 5.32 Å². The Balaban J connectivity index is 1.41. The summed E-state index contributed by atoms with van der Waals surface area (Å²) in [7, 11) is 0. The molecule has 1 heterocycles. The molecule has 1 atom stereocenters. The molecule has 1 aliphatic rings. The molecule has 0 saturated carbocycles. The lowest BCUT2D eigenvalue weighted by atomic mass is 10.1. The van der Waals surface area contributed by atoms with Gasteiger partial charge in [-0.2, -0.15) is 0 Å². The molecule has 1 aliphatic heterocycles. The minimum atomic E-state index is -0.855. The zero-order chi connectivity index (χ0) is 19.2. The van der Waals surface area contributed by atoms with E-state index in [9.17, 15) is 18.4 Å². The van der Waals surface area contributed by atoms with Gasteiger partial charge in [0.25, 0.3) is 0 Å². The lowest BCUT2D eigenvalue weighted by Crippen LogP contribution is -2.31. The molecule has 1 saturated heterocycles. The summed E-state index contributed by atoms with van der Waals surface area (Å²) >= 11 is 0. The number of nitrogens with one attached hydrogen (secondary N) is 1. The van der Waals surface area contributed by atoms with E-state index in [4.69, 9.17) is 0 Å². The number of hydrogen-bond acceptors (Lipinski definition) is 3. The van der Waals surface area contributed by atoms with E-state index in [1.165, 1.54) is 6.07 Å². The summed E-state index contributed by atoms with van der Waals surface area (Å²) in [4.78, 5) is 26.0. The van der Waals surface area contributed by atoms with Gasteiger partial charge in [-0.3, -0.25) is 9.59 Å². The zero-order valence-corrected chi connectivity index (χ0v) is 15.0. The molecule has 1 fully saturated rings. The van der Waals surface area contributed by atoms with Crippen LogP contribution in [0.15, 0.2) is 48.5 Å². The van der Waals surface area contributed by atoms with Crippen LogP contribution < -0.4 is 10.2 Å². The standard InChI is InChI=1S/C21H22F2N2O2/c22-18-7-6-17(12-19(18)23)25-11-10-15(14-25)13-24-21(27)9-8-20(26)16-4-2-1-3-5-16/h1-7,12,15H,8-11,13-14H2,(H,24,27)/t15-/m0/s1. The van der Waals surface area contributed by atoms with Crippen molar-refractivity contribution in [2.24, 2.45) is 5.92 Å². The van der Waals surface area contributed by atoms with Crippen LogP contribution in [0.2, 0.25) is 0 Å². The van der Waals surface area contributed by atoms with Gasteiger partial charge >= 0.3 is 0 Å². The molecule has 1 N–H and O–H groups in total. The first-order chi connectivity index (χ1) is 13.0. The van der Waals surface area contributed by atoms with E-state index >= 15 is 0 Å². The SMILES string of the molecule is O=C(CCC(=O)c1ccccc1)NC[C@@H]1CCN(c2ccc(F)c(F)c2)C1. The van der Waals surface area contributed by atoms with Gasteiger partial charge in [0.15, 0.2) is 17.4 Å². The number of halogens is 2. The third kappa shape index (κ3) is 5.12. The van der Waals surface area contributed by atoms with Crippen LogP contribution in [0.25, 0.3) is 0 Å². The average molecular weight is 372 g/mol. The number of anilines is 1. The van der Waals surface area contributed by atoms with Crippen LogP contribution in [0, 0.1) is 17.6 Å². The molecule has 3 rings (SSSR count). The van der Waals surface area contributed by atoms with Gasteiger partial charge in [-0.25, -0.2) is 8.78 Å². The molecule has 27 heavy (non-hydrogen) atoms. The van der Waals surface area contributed by atoms with Crippen molar-refractivity contribution < 1.29 is 18.4 Å². The molecule has 1 amide bonds. The normalized spacial score (nSPS) is 16.4. The number of carbonyl (C=O) groups is 2. The predicted octanol–water partition coefficient (Wildman–Crippen LogP) is 3.57. The Morgan fingerprint density at radius 2 is 1.81 bits per heavy atom. The first kappa shape index (κ1) is 19.0. The number of Topliss-reactive ketones (excluding diaryl/α,β-unsaturated/α-hetero) is 1. The van der Waals surface area contributed by atoms with Gasteiger partial charge < -0.3 is 10.2 Å². The van der Waals surface area contributed by atoms with Crippen LogP contribution in [0.5, 0.6) is 0 Å². The Kier molecular flexibility index (Phi) is 6.16. The maximum absolute atomic E-state index is 13.4. The Hall–Kier alpha value is -2.76. The lowest BCUT2D eigenvalue weighted by Gasteiger charge is -2.19. The summed E-state index contributed by atoms with van der Waals surface area (Å²) < 4.78 is 26.4. The number of rotatable bonds is 7. The highest BCUT2D eigenvalue weighted by Crippen LogP contribution is 2.25. The van der Waals surface area contributed by atoms with E-state index in [-0.39, 0.29) is 30.4 Å². The molecule has 0 bridgehead atoms. The van der Waals surface area contributed by atoms with Crippen molar-refractivity contribution in [2.75, 3.05) is 24.5 Å². The first-order valence-corrected chi connectivity index (χ1v) is 9.08. The number of carbonyl (C=O) groups excluding carboxylic acids is 2. The molecular formula is C21H22F2N2O2. The van der Waals surface area contributed by atoms with Crippen molar-refractivity contribution in [3.63, 3.8) is 0 Å². The van der Waals surface area contributed by atoms with Crippen molar-refractivity contribution in [1.82, 2.24) is 5.32 Å². The monoisotopic (exact) mass is 372 g/mol. The quantitative estimate of drug-likeness (QED) is 0.756. The minimum absolute atomic E-state index is 0.0453. The Labute approximate surface area is 157 Å². The zero-order valence-electron chi connectivity index (χ0n) is 15.0. The molecule has 2 aromatic rings. The van der Waals surface area contributed by atoms with Gasteiger partial charge in [0, 0.05) is 49.8 Å². The van der Waals surface area contributed by atoms with Crippen LogP contribution in [0.3, 0.4) is 0 Å². The van der Waals surface area contributed by atoms with Gasteiger partial charge in [-0.05, 0) is 24.5 Å². The summed E-state index contributed by atoms with van der Waals surface area (Å²) in [6, 6.07) is 12.8. The second-order valence-electron chi connectivity index (χ2n) is 6.79. The number of benzene rings is 2. The smallest absolute Gasteiger partial charge is 0.220 e. The molecular weight excluding hydrogens is 350 g/mol. The summed E-state index contributed by atoms with van der Waals surface area (Å²) in [6.07, 6.45) is 1.21. The predicted molar refractivity (Wildman–Crippen MR) is 99.7 cm³/mol. The largest absolute Gasteiger partial charge is 0.371 e. The highest BCUT2D eigenvalue weighted by Gasteiger charge is 2.23. The van der Waals surface area contributed by atoms with E-state index in [0.29, 0.717) is 24.3 Å². The van der Waals surface area contributed by atoms with Crippen LogP contribution in [0.1, 0.15) is 29.6 Å². The average Bonchev–Trinajstić information content (AvgIpc) is 3.16. The van der Waals surface area contributed by atoms with Crippen molar-refractivity contribution in [1.29, 1.82) is 0 Å². The topological polar surface area (TPSA) is 49.4 Å². The minimum Gasteiger partial charge on any atom is -0.371 e. The highest BCUT2D eigenvalue weighted by atomic mass is 19.2. The molecule has 0 aromatic heterocycles. The number of ketones is 1. The van der Waals surface area contributed by atoms with Crippen molar-refractivity contribution >= 4 is 17.4 Å². The van der Waals surface area contributed by atoms with Crippen molar-refractivity contribution in [3.05, 3.63) is 65.7 Å². The Morgan fingerprint density at radius 3 is 2.56 bits per heavy atom. The van der Waals surface area contributed by atoms with Crippen molar-refractivity contribution in [2.45, 2.75) is 19.3 Å². The van der Waals surface area contributed by atoms with Gasteiger partial charge in [-0.1, -0.05) is 30.3 Å².